The van der Waals surface area contributed by atoms with Crippen molar-refractivity contribution in [3.8, 4) is 0 Å². The molecule has 0 spiro atoms. The highest BCUT2D eigenvalue weighted by Gasteiger charge is 2.23. The Morgan fingerprint density at radius 3 is 2.89 bits per heavy atom. The molecule has 98 valence electrons. The zero-order valence-electron chi connectivity index (χ0n) is 10.2. The predicted octanol–water partition coefficient (Wildman–Crippen LogP) is 0.771. The van der Waals surface area contributed by atoms with Crippen LogP contribution in [0.25, 0.3) is 0 Å². The van der Waals surface area contributed by atoms with Gasteiger partial charge in [-0.3, -0.25) is 10.2 Å². The Balaban J connectivity index is 1.99. The van der Waals surface area contributed by atoms with Crippen molar-refractivity contribution >= 4 is 5.91 Å². The molecular formula is C13H18N2O3. The van der Waals surface area contributed by atoms with Crippen LogP contribution in [0.3, 0.4) is 0 Å². The smallest absolute Gasteiger partial charge is 0.267 e. The van der Waals surface area contributed by atoms with Crippen LogP contribution in [0, 0.1) is 5.92 Å². The summed E-state index contributed by atoms with van der Waals surface area (Å²) in [6.45, 7) is 1.98. The van der Waals surface area contributed by atoms with E-state index in [0.717, 1.165) is 18.6 Å². The summed E-state index contributed by atoms with van der Waals surface area (Å²) < 4.78 is 11.0. The second-order valence-corrected chi connectivity index (χ2v) is 4.36. The van der Waals surface area contributed by atoms with Crippen LogP contribution in [0.2, 0.25) is 0 Å². The van der Waals surface area contributed by atoms with E-state index in [1.165, 1.54) is 0 Å². The van der Waals surface area contributed by atoms with Crippen molar-refractivity contribution in [2.75, 3.05) is 19.8 Å². The highest BCUT2D eigenvalue weighted by atomic mass is 16.5. The van der Waals surface area contributed by atoms with Crippen molar-refractivity contribution in [1.29, 1.82) is 0 Å². The van der Waals surface area contributed by atoms with Gasteiger partial charge in [-0.05, 0) is 12.0 Å². The Morgan fingerprint density at radius 1 is 1.50 bits per heavy atom. The van der Waals surface area contributed by atoms with Gasteiger partial charge in [0.05, 0.1) is 13.2 Å². The van der Waals surface area contributed by atoms with Crippen molar-refractivity contribution in [2.45, 2.75) is 12.5 Å². The summed E-state index contributed by atoms with van der Waals surface area (Å²) in [7, 11) is 0. The predicted molar refractivity (Wildman–Crippen MR) is 66.4 cm³/mol. The number of hydrogen-bond donors (Lipinski definition) is 2. The Kier molecular flexibility index (Phi) is 4.69. The summed E-state index contributed by atoms with van der Waals surface area (Å²) in [5, 5.41) is 0. The molecule has 1 aromatic carbocycles. The van der Waals surface area contributed by atoms with Gasteiger partial charge in [-0.2, -0.15) is 0 Å². The van der Waals surface area contributed by atoms with Crippen LogP contribution in [0.15, 0.2) is 30.3 Å². The highest BCUT2D eigenvalue weighted by molar-refractivity contribution is 5.81. The van der Waals surface area contributed by atoms with Gasteiger partial charge in [0, 0.05) is 12.5 Å². The molecule has 2 unspecified atom stereocenters. The molecule has 1 aliphatic rings. The maximum atomic E-state index is 11.7. The molecular weight excluding hydrogens is 232 g/mol. The molecule has 1 amide bonds. The number of amides is 1. The molecule has 1 fully saturated rings. The Labute approximate surface area is 106 Å². The SMILES string of the molecule is NNC(=O)C(OCC1CCOC1)c1ccccc1. The number of hydrazine groups is 1. The molecule has 1 heterocycles. The van der Waals surface area contributed by atoms with Gasteiger partial charge < -0.3 is 9.47 Å². The lowest BCUT2D eigenvalue weighted by Gasteiger charge is -2.18. The minimum Gasteiger partial charge on any atom is -0.381 e. The van der Waals surface area contributed by atoms with Gasteiger partial charge in [0.15, 0.2) is 6.10 Å². The summed E-state index contributed by atoms with van der Waals surface area (Å²) in [6.07, 6.45) is 0.322. The van der Waals surface area contributed by atoms with E-state index in [2.05, 4.69) is 5.43 Å². The van der Waals surface area contributed by atoms with Gasteiger partial charge in [0.25, 0.3) is 5.91 Å². The second-order valence-electron chi connectivity index (χ2n) is 4.36. The average Bonchev–Trinajstić information content (AvgIpc) is 2.93. The van der Waals surface area contributed by atoms with Crippen molar-refractivity contribution in [3.05, 3.63) is 35.9 Å². The van der Waals surface area contributed by atoms with Crippen LogP contribution in [-0.4, -0.2) is 25.7 Å². The summed E-state index contributed by atoms with van der Waals surface area (Å²) >= 11 is 0. The third kappa shape index (κ3) is 3.29. The number of carbonyl (C=O) groups excluding carboxylic acids is 1. The number of hydrogen-bond acceptors (Lipinski definition) is 4. The number of ether oxygens (including phenoxy) is 2. The molecule has 0 aromatic heterocycles. The van der Waals surface area contributed by atoms with Crippen molar-refractivity contribution in [3.63, 3.8) is 0 Å². The maximum absolute atomic E-state index is 11.7. The summed E-state index contributed by atoms with van der Waals surface area (Å²) in [4.78, 5) is 11.7. The first-order valence-electron chi connectivity index (χ1n) is 6.06. The zero-order valence-corrected chi connectivity index (χ0v) is 10.2. The third-order valence-corrected chi connectivity index (χ3v) is 3.01. The summed E-state index contributed by atoms with van der Waals surface area (Å²) in [6, 6.07) is 9.34. The maximum Gasteiger partial charge on any atom is 0.267 e. The molecule has 1 aromatic rings. The molecule has 5 nitrogen and oxygen atoms in total. The molecule has 2 atom stereocenters. The normalized spacial score (nSPS) is 20.6. The van der Waals surface area contributed by atoms with E-state index in [-0.39, 0.29) is 5.91 Å². The van der Waals surface area contributed by atoms with Crippen LogP contribution < -0.4 is 11.3 Å². The second kappa shape index (κ2) is 6.49. The molecule has 0 bridgehead atoms. The topological polar surface area (TPSA) is 73.6 Å². The zero-order chi connectivity index (χ0) is 12.8. The quantitative estimate of drug-likeness (QED) is 0.460. The van der Waals surface area contributed by atoms with Gasteiger partial charge >= 0.3 is 0 Å². The van der Waals surface area contributed by atoms with Gasteiger partial charge in [0.2, 0.25) is 0 Å². The number of carbonyl (C=O) groups is 1. The first-order valence-corrected chi connectivity index (χ1v) is 6.06. The summed E-state index contributed by atoms with van der Waals surface area (Å²) in [5.74, 6) is 5.22. The molecule has 3 N–H and O–H groups in total. The fourth-order valence-electron chi connectivity index (χ4n) is 1.97. The lowest BCUT2D eigenvalue weighted by Crippen LogP contribution is -2.36. The minimum atomic E-state index is -0.656. The molecule has 1 aliphatic heterocycles. The molecule has 0 radical (unpaired) electrons. The van der Waals surface area contributed by atoms with Gasteiger partial charge in [0.1, 0.15) is 0 Å². The van der Waals surface area contributed by atoms with Crippen molar-refractivity contribution in [2.24, 2.45) is 11.8 Å². The average molecular weight is 250 g/mol. The van der Waals surface area contributed by atoms with Gasteiger partial charge in [-0.25, -0.2) is 5.84 Å². The van der Waals surface area contributed by atoms with E-state index >= 15 is 0 Å². The van der Waals surface area contributed by atoms with Crippen LogP contribution in [0.4, 0.5) is 0 Å². The van der Waals surface area contributed by atoms with Crippen LogP contribution in [-0.2, 0) is 14.3 Å². The van der Waals surface area contributed by atoms with E-state index in [1.54, 1.807) is 0 Å². The van der Waals surface area contributed by atoms with E-state index < -0.39 is 6.10 Å². The summed E-state index contributed by atoms with van der Waals surface area (Å²) in [5.41, 5.74) is 2.95. The molecule has 5 heteroatoms. The number of nitrogens with two attached hydrogens (primary N) is 1. The van der Waals surface area contributed by atoms with E-state index in [0.29, 0.717) is 19.1 Å². The number of benzene rings is 1. The highest BCUT2D eigenvalue weighted by Crippen LogP contribution is 2.20. The molecule has 0 aliphatic carbocycles. The van der Waals surface area contributed by atoms with Crippen LogP contribution in [0.5, 0.6) is 0 Å². The van der Waals surface area contributed by atoms with Crippen LogP contribution >= 0.6 is 0 Å². The lowest BCUT2D eigenvalue weighted by atomic mass is 10.1. The van der Waals surface area contributed by atoms with E-state index in [1.807, 2.05) is 30.3 Å². The fourth-order valence-corrected chi connectivity index (χ4v) is 1.97. The van der Waals surface area contributed by atoms with Gasteiger partial charge in [-0.15, -0.1) is 0 Å². The minimum absolute atomic E-state index is 0.333. The lowest BCUT2D eigenvalue weighted by molar-refractivity contribution is -0.134. The van der Waals surface area contributed by atoms with Crippen molar-refractivity contribution < 1.29 is 14.3 Å². The largest absolute Gasteiger partial charge is 0.381 e. The van der Waals surface area contributed by atoms with E-state index in [4.69, 9.17) is 15.3 Å². The van der Waals surface area contributed by atoms with Crippen molar-refractivity contribution in [1.82, 2.24) is 5.43 Å². The monoisotopic (exact) mass is 250 g/mol. The molecule has 18 heavy (non-hydrogen) atoms. The standard InChI is InChI=1S/C13H18N2O3/c14-15-13(16)12(11-4-2-1-3-5-11)18-9-10-6-7-17-8-10/h1-5,10,12H,6-9,14H2,(H,15,16). The Morgan fingerprint density at radius 2 is 2.28 bits per heavy atom. The molecule has 2 rings (SSSR count). The van der Waals surface area contributed by atoms with E-state index in [9.17, 15) is 4.79 Å². The first kappa shape index (κ1) is 13.0. The third-order valence-electron chi connectivity index (χ3n) is 3.01. The van der Waals surface area contributed by atoms with Gasteiger partial charge in [-0.1, -0.05) is 30.3 Å². The fraction of sp³-hybridized carbons (Fsp3) is 0.462. The Bertz CT molecular complexity index is 377. The Hall–Kier alpha value is -1.43. The molecule has 0 saturated carbocycles. The van der Waals surface area contributed by atoms with Crippen LogP contribution in [0.1, 0.15) is 18.1 Å². The molecule has 1 saturated heterocycles. The number of rotatable bonds is 5. The first-order chi connectivity index (χ1) is 8.81. The number of nitrogens with one attached hydrogen (secondary N) is 1.